The van der Waals surface area contributed by atoms with Gasteiger partial charge in [-0.1, -0.05) is 187 Å². The summed E-state index contributed by atoms with van der Waals surface area (Å²) in [5.41, 5.74) is 0. The molecule has 0 aromatic heterocycles. The van der Waals surface area contributed by atoms with Crippen LogP contribution in [-0.2, 0) is 18.8 Å². The number of unbranched alkanes of at least 4 members (excludes halogenated alkanes) is 27. The van der Waals surface area contributed by atoms with Crippen molar-refractivity contribution in [2.75, 3.05) is 13.2 Å². The molecule has 0 saturated heterocycles. The Morgan fingerprint density at radius 3 is 0.711 bits per heavy atom. The fraction of sp³-hybridized carbons (Fsp3) is 1.00. The molecule has 0 aliphatic carbocycles. The molecule has 0 heterocycles. The minimum Gasteiger partial charge on any atom is -0.248 e. The molecule has 0 N–H and O–H groups in total. The summed E-state index contributed by atoms with van der Waals surface area (Å²) in [4.78, 5) is 0. The van der Waals surface area contributed by atoms with Gasteiger partial charge in [-0.05, 0) is 12.8 Å². The Morgan fingerprint density at radius 1 is 0.316 bits per heavy atom. The zero-order valence-corrected chi connectivity index (χ0v) is 26.8. The molecule has 0 amide bonds. The highest BCUT2D eigenvalue weighted by atomic mass is 32.3. The minimum absolute atomic E-state index is 0.248. The van der Waals surface area contributed by atoms with Gasteiger partial charge in [0.25, 0.3) is 0 Å². The first kappa shape index (κ1) is 37.9. The Kier molecular flexibility index (Phi) is 31.3. The maximum Gasteiger partial charge on any atom is 0.399 e. The van der Waals surface area contributed by atoms with E-state index < -0.39 is 10.4 Å². The quantitative estimate of drug-likeness (QED) is 0.0749. The van der Waals surface area contributed by atoms with E-state index in [2.05, 4.69) is 13.8 Å². The van der Waals surface area contributed by atoms with Crippen molar-refractivity contribution in [1.29, 1.82) is 0 Å². The second-order valence-corrected chi connectivity index (χ2v) is 12.9. The molecule has 0 unspecified atom stereocenters. The Hall–Kier alpha value is -0.130. The number of rotatable bonds is 33. The van der Waals surface area contributed by atoms with E-state index in [1.54, 1.807) is 0 Å². The summed E-state index contributed by atoms with van der Waals surface area (Å²) in [7, 11) is -3.82. The van der Waals surface area contributed by atoms with Gasteiger partial charge in [0.2, 0.25) is 0 Å². The van der Waals surface area contributed by atoms with Crippen molar-refractivity contribution in [3.05, 3.63) is 0 Å². The van der Waals surface area contributed by atoms with Crippen LogP contribution in [0, 0.1) is 0 Å². The Balaban J connectivity index is 3.25. The van der Waals surface area contributed by atoms with Gasteiger partial charge >= 0.3 is 10.4 Å². The van der Waals surface area contributed by atoms with Crippen molar-refractivity contribution in [3.8, 4) is 0 Å². The number of hydrogen-bond donors (Lipinski definition) is 0. The molecule has 0 fully saturated rings. The van der Waals surface area contributed by atoms with Crippen molar-refractivity contribution in [3.63, 3.8) is 0 Å². The summed E-state index contributed by atoms with van der Waals surface area (Å²) in [6.07, 6.45) is 37.5. The van der Waals surface area contributed by atoms with Gasteiger partial charge in [-0.3, -0.25) is 0 Å². The van der Waals surface area contributed by atoms with Crippen molar-refractivity contribution in [2.45, 2.75) is 200 Å². The molecule has 0 aliphatic rings. The van der Waals surface area contributed by atoms with Crippen LogP contribution in [0.3, 0.4) is 0 Å². The molecule has 0 atom stereocenters. The molecule has 0 aliphatic heterocycles. The van der Waals surface area contributed by atoms with Gasteiger partial charge in [0, 0.05) is 0 Å². The van der Waals surface area contributed by atoms with Crippen LogP contribution in [0.1, 0.15) is 200 Å². The van der Waals surface area contributed by atoms with E-state index in [0.29, 0.717) is 0 Å². The fourth-order valence-corrected chi connectivity index (χ4v) is 5.84. The second kappa shape index (κ2) is 31.4. The van der Waals surface area contributed by atoms with Gasteiger partial charge in [0.1, 0.15) is 0 Å². The maximum atomic E-state index is 11.8. The molecule has 0 rings (SSSR count). The smallest absolute Gasteiger partial charge is 0.248 e. The summed E-state index contributed by atoms with van der Waals surface area (Å²) in [5.74, 6) is 0. The van der Waals surface area contributed by atoms with Crippen LogP contribution in [0.25, 0.3) is 0 Å². The van der Waals surface area contributed by atoms with E-state index >= 15 is 0 Å². The Morgan fingerprint density at radius 2 is 0.500 bits per heavy atom. The second-order valence-electron chi connectivity index (χ2n) is 11.6. The van der Waals surface area contributed by atoms with Crippen LogP contribution >= 0.6 is 0 Å². The lowest BCUT2D eigenvalue weighted by Gasteiger charge is -2.07. The van der Waals surface area contributed by atoms with Crippen molar-refractivity contribution < 1.29 is 16.8 Å². The van der Waals surface area contributed by atoms with Crippen LogP contribution < -0.4 is 0 Å². The molecule has 0 aromatic carbocycles. The molecular weight excluding hydrogens is 492 g/mol. The van der Waals surface area contributed by atoms with E-state index in [9.17, 15) is 8.42 Å². The molecule has 0 bridgehead atoms. The van der Waals surface area contributed by atoms with Crippen LogP contribution in [0.5, 0.6) is 0 Å². The summed E-state index contributed by atoms with van der Waals surface area (Å²) in [6.45, 7) is 5.03. The molecule has 0 spiro atoms. The number of hydrogen-bond acceptors (Lipinski definition) is 4. The van der Waals surface area contributed by atoms with E-state index in [1.807, 2.05) is 0 Å². The van der Waals surface area contributed by atoms with Crippen molar-refractivity contribution >= 4 is 10.4 Å². The largest absolute Gasteiger partial charge is 0.399 e. The maximum absolute atomic E-state index is 11.8. The molecule has 5 heteroatoms. The molecule has 0 saturated carbocycles. The highest BCUT2D eigenvalue weighted by molar-refractivity contribution is 7.81. The van der Waals surface area contributed by atoms with Crippen LogP contribution in [0.4, 0.5) is 0 Å². The molecule has 4 nitrogen and oxygen atoms in total. The SMILES string of the molecule is CCCCCCCCCCCCCCCCCCCCCOS(=O)(=O)OCCCCCCCCCCCC. The van der Waals surface area contributed by atoms with Gasteiger partial charge < -0.3 is 0 Å². The standard InChI is InChI=1S/C33H68O4S/c1-3-5-7-9-11-13-15-16-17-18-19-20-21-22-23-25-27-29-31-33-37-38(34,35)36-32-30-28-26-24-14-12-10-8-6-4-2/h3-33H2,1-2H3. The fourth-order valence-electron chi connectivity index (χ4n) is 5.13. The van der Waals surface area contributed by atoms with Gasteiger partial charge in [0.05, 0.1) is 13.2 Å². The lowest BCUT2D eigenvalue weighted by molar-refractivity contribution is 0.208. The Bertz CT molecular complexity index is 535. The summed E-state index contributed by atoms with van der Waals surface area (Å²) in [6, 6.07) is 0. The first-order valence-electron chi connectivity index (χ1n) is 17.2. The van der Waals surface area contributed by atoms with Crippen LogP contribution in [-0.4, -0.2) is 21.6 Å². The van der Waals surface area contributed by atoms with E-state index in [4.69, 9.17) is 8.37 Å². The lowest BCUT2D eigenvalue weighted by Crippen LogP contribution is -2.12. The third-order valence-electron chi connectivity index (χ3n) is 7.70. The van der Waals surface area contributed by atoms with E-state index in [0.717, 1.165) is 32.1 Å². The zero-order chi connectivity index (χ0) is 27.8. The predicted molar refractivity (Wildman–Crippen MR) is 166 cm³/mol. The highest BCUT2D eigenvalue weighted by Gasteiger charge is 2.11. The topological polar surface area (TPSA) is 52.6 Å². The molecule has 0 radical (unpaired) electrons. The summed E-state index contributed by atoms with van der Waals surface area (Å²) < 4.78 is 33.7. The highest BCUT2D eigenvalue weighted by Crippen LogP contribution is 2.15. The van der Waals surface area contributed by atoms with Gasteiger partial charge in [-0.25, -0.2) is 8.37 Å². The van der Waals surface area contributed by atoms with E-state index in [1.165, 1.54) is 154 Å². The molecule has 230 valence electrons. The van der Waals surface area contributed by atoms with Gasteiger partial charge in [-0.2, -0.15) is 8.42 Å². The third kappa shape index (κ3) is 32.1. The monoisotopic (exact) mass is 560 g/mol. The minimum atomic E-state index is -3.82. The average Bonchev–Trinajstić information content (AvgIpc) is 2.90. The summed E-state index contributed by atoms with van der Waals surface area (Å²) in [5, 5.41) is 0. The molecule has 0 aromatic rings. The first-order chi connectivity index (χ1) is 18.6. The lowest BCUT2D eigenvalue weighted by atomic mass is 10.0. The van der Waals surface area contributed by atoms with Gasteiger partial charge in [-0.15, -0.1) is 0 Å². The van der Waals surface area contributed by atoms with Gasteiger partial charge in [0.15, 0.2) is 0 Å². The van der Waals surface area contributed by atoms with Crippen molar-refractivity contribution in [1.82, 2.24) is 0 Å². The Labute approximate surface area is 240 Å². The normalized spacial score (nSPS) is 11.9. The van der Waals surface area contributed by atoms with Crippen molar-refractivity contribution in [2.24, 2.45) is 0 Å². The zero-order valence-electron chi connectivity index (χ0n) is 26.0. The van der Waals surface area contributed by atoms with Crippen LogP contribution in [0.2, 0.25) is 0 Å². The molecule has 38 heavy (non-hydrogen) atoms. The van der Waals surface area contributed by atoms with Crippen LogP contribution in [0.15, 0.2) is 0 Å². The third-order valence-corrected chi connectivity index (χ3v) is 8.61. The first-order valence-corrected chi connectivity index (χ1v) is 18.5. The van der Waals surface area contributed by atoms with E-state index in [-0.39, 0.29) is 13.2 Å². The predicted octanol–water partition coefficient (Wildman–Crippen LogP) is 11.6. The average molecular weight is 561 g/mol. The summed E-state index contributed by atoms with van der Waals surface area (Å²) >= 11 is 0. The molecular formula is C33H68O4S.